The zero-order valence-electron chi connectivity index (χ0n) is 16.4. The molecule has 1 saturated heterocycles. The van der Waals surface area contributed by atoms with Gasteiger partial charge < -0.3 is 0 Å². The summed E-state index contributed by atoms with van der Waals surface area (Å²) in [6.07, 6.45) is 14.5. The summed E-state index contributed by atoms with van der Waals surface area (Å²) < 4.78 is 13.9. The topological polar surface area (TPSA) is 0 Å². The molecule has 0 N–H and O–H groups in total. The summed E-state index contributed by atoms with van der Waals surface area (Å²) in [5.74, 6) is 1.66. The van der Waals surface area contributed by atoms with E-state index in [1.807, 2.05) is 19.1 Å². The van der Waals surface area contributed by atoms with Crippen molar-refractivity contribution in [3.05, 3.63) is 35.1 Å². The van der Waals surface area contributed by atoms with Crippen molar-refractivity contribution < 1.29 is 4.39 Å². The molecule has 0 amide bonds. The highest BCUT2D eigenvalue weighted by molar-refractivity contribution is 6.60. The van der Waals surface area contributed by atoms with Gasteiger partial charge in [0.25, 0.3) is 0 Å². The summed E-state index contributed by atoms with van der Waals surface area (Å²) in [6, 6.07) is 8.96. The van der Waals surface area contributed by atoms with Gasteiger partial charge in [0, 0.05) is 8.80 Å². The number of aryl methyl sites for hydroxylation is 1. The van der Waals surface area contributed by atoms with Gasteiger partial charge in [-0.25, -0.2) is 4.39 Å². The Balaban J connectivity index is 1.43. The highest BCUT2D eigenvalue weighted by Crippen LogP contribution is 2.44. The maximum atomic E-state index is 13.9. The Morgan fingerprint density at radius 3 is 2.36 bits per heavy atom. The predicted molar refractivity (Wildman–Crippen MR) is 110 cm³/mol. The normalized spacial score (nSPS) is 30.4. The molecule has 0 bridgehead atoms. The van der Waals surface area contributed by atoms with Crippen molar-refractivity contribution >= 4 is 8.80 Å². The summed E-state index contributed by atoms with van der Waals surface area (Å²) in [5, 5.41) is 0. The molecule has 1 aliphatic carbocycles. The summed E-state index contributed by atoms with van der Waals surface area (Å²) in [5.41, 5.74) is 3.16. The minimum Gasteiger partial charge on any atom is -0.207 e. The lowest BCUT2D eigenvalue weighted by Gasteiger charge is -2.37. The molecular weight excluding hydrogens is 323 g/mol. The second kappa shape index (κ2) is 9.35. The third-order valence-corrected chi connectivity index (χ3v) is 11.4. The van der Waals surface area contributed by atoms with Crippen LogP contribution in [0, 0.1) is 18.7 Å². The molecule has 140 valence electrons. The van der Waals surface area contributed by atoms with Crippen molar-refractivity contribution in [3.8, 4) is 0 Å². The van der Waals surface area contributed by atoms with E-state index in [2.05, 4.69) is 13.0 Å². The first-order valence-electron chi connectivity index (χ1n) is 10.9. The molecule has 1 aliphatic heterocycles. The fraction of sp³-hybridized carbons (Fsp3) is 0.739. The lowest BCUT2D eigenvalue weighted by atomic mass is 9.85. The predicted octanol–water partition coefficient (Wildman–Crippen LogP) is 7.38. The SMILES string of the molecule is CCCCC[C@H]1CC[C@H]([SiH]2CCC(c3ccc(C)c(F)c3)CC2)CC1. The zero-order valence-corrected chi connectivity index (χ0v) is 17.6. The molecule has 0 radical (unpaired) electrons. The average molecular weight is 361 g/mol. The van der Waals surface area contributed by atoms with E-state index >= 15 is 0 Å². The standard InChI is InChI=1S/C23H37FSi/c1-3-4-5-6-19-8-11-22(12-9-19)25-15-13-20(14-16-25)21-10-7-18(2)23(24)17-21/h7,10,17,19-20,22,25H,3-6,8-9,11-16H2,1-2H3/t19-,20?,22-,25?. The second-order valence-electron chi connectivity index (χ2n) is 8.90. The molecule has 0 nitrogen and oxygen atoms in total. The number of hydrogen-bond acceptors (Lipinski definition) is 0. The summed E-state index contributed by atoms with van der Waals surface area (Å²) in [7, 11) is -0.546. The summed E-state index contributed by atoms with van der Waals surface area (Å²) >= 11 is 0. The Hall–Kier alpha value is -0.633. The molecule has 2 fully saturated rings. The summed E-state index contributed by atoms with van der Waals surface area (Å²) in [4.78, 5) is 0. The van der Waals surface area contributed by atoms with Crippen LogP contribution in [0.1, 0.15) is 88.2 Å². The van der Waals surface area contributed by atoms with E-state index in [1.165, 1.54) is 81.9 Å². The molecule has 25 heavy (non-hydrogen) atoms. The van der Waals surface area contributed by atoms with Gasteiger partial charge in [0.05, 0.1) is 0 Å². The Labute approximate surface area is 156 Å². The molecule has 1 aromatic carbocycles. The fourth-order valence-corrected chi connectivity index (χ4v) is 9.64. The van der Waals surface area contributed by atoms with E-state index < -0.39 is 8.80 Å². The molecule has 2 heteroatoms. The van der Waals surface area contributed by atoms with Crippen LogP contribution in [-0.4, -0.2) is 8.80 Å². The van der Waals surface area contributed by atoms with Gasteiger partial charge in [-0.15, -0.1) is 0 Å². The highest BCUT2D eigenvalue weighted by Gasteiger charge is 2.32. The van der Waals surface area contributed by atoms with Gasteiger partial charge in [-0.1, -0.05) is 82.5 Å². The van der Waals surface area contributed by atoms with E-state index in [9.17, 15) is 4.39 Å². The third kappa shape index (κ3) is 5.18. The number of unbranched alkanes of at least 4 members (excludes halogenated alkanes) is 2. The minimum absolute atomic E-state index is 0.0155. The number of benzene rings is 1. The lowest BCUT2D eigenvalue weighted by Crippen LogP contribution is -2.29. The molecule has 3 rings (SSSR count). The van der Waals surface area contributed by atoms with Gasteiger partial charge in [-0.2, -0.15) is 0 Å². The van der Waals surface area contributed by atoms with Crippen LogP contribution in [0.2, 0.25) is 17.6 Å². The maximum absolute atomic E-state index is 13.9. The first-order chi connectivity index (χ1) is 12.2. The summed E-state index contributed by atoms with van der Waals surface area (Å²) in [6.45, 7) is 4.17. The molecule has 0 atom stereocenters. The van der Waals surface area contributed by atoms with Crippen LogP contribution in [-0.2, 0) is 0 Å². The minimum atomic E-state index is -0.546. The quantitative estimate of drug-likeness (QED) is 0.367. The van der Waals surface area contributed by atoms with Crippen LogP contribution in [0.25, 0.3) is 0 Å². The van der Waals surface area contributed by atoms with Gasteiger partial charge in [0.15, 0.2) is 0 Å². The molecule has 0 aromatic heterocycles. The first kappa shape index (κ1) is 19.1. The fourth-order valence-electron chi connectivity index (χ4n) is 5.42. The Kier molecular flexibility index (Phi) is 7.15. The maximum Gasteiger partial charge on any atom is 0.126 e. The van der Waals surface area contributed by atoms with Crippen LogP contribution in [0.3, 0.4) is 0 Å². The Morgan fingerprint density at radius 1 is 1.00 bits per heavy atom. The van der Waals surface area contributed by atoms with E-state index in [0.29, 0.717) is 5.92 Å². The third-order valence-electron chi connectivity index (χ3n) is 7.21. The molecule has 0 unspecified atom stereocenters. The smallest absolute Gasteiger partial charge is 0.126 e. The highest BCUT2D eigenvalue weighted by atomic mass is 28.3. The monoisotopic (exact) mass is 360 g/mol. The van der Waals surface area contributed by atoms with Crippen LogP contribution in [0.5, 0.6) is 0 Å². The van der Waals surface area contributed by atoms with E-state index in [4.69, 9.17) is 0 Å². The van der Waals surface area contributed by atoms with Crippen molar-refractivity contribution in [2.45, 2.75) is 102 Å². The molecule has 1 saturated carbocycles. The van der Waals surface area contributed by atoms with Gasteiger partial charge in [-0.05, 0) is 54.3 Å². The second-order valence-corrected chi connectivity index (χ2v) is 12.5. The van der Waals surface area contributed by atoms with E-state index in [1.54, 1.807) is 0 Å². The van der Waals surface area contributed by atoms with Gasteiger partial charge in [-0.3, -0.25) is 0 Å². The van der Waals surface area contributed by atoms with Crippen LogP contribution < -0.4 is 0 Å². The average Bonchev–Trinajstić information content (AvgIpc) is 2.65. The van der Waals surface area contributed by atoms with Crippen LogP contribution in [0.4, 0.5) is 4.39 Å². The van der Waals surface area contributed by atoms with Crippen LogP contribution in [0.15, 0.2) is 18.2 Å². The van der Waals surface area contributed by atoms with Crippen molar-refractivity contribution in [3.63, 3.8) is 0 Å². The van der Waals surface area contributed by atoms with Crippen molar-refractivity contribution in [2.75, 3.05) is 0 Å². The van der Waals surface area contributed by atoms with Crippen molar-refractivity contribution in [2.24, 2.45) is 5.92 Å². The van der Waals surface area contributed by atoms with Crippen molar-refractivity contribution in [1.82, 2.24) is 0 Å². The number of hydrogen-bond donors (Lipinski definition) is 0. The zero-order chi connectivity index (χ0) is 17.6. The van der Waals surface area contributed by atoms with E-state index in [-0.39, 0.29) is 5.82 Å². The van der Waals surface area contributed by atoms with Gasteiger partial charge in [0.1, 0.15) is 5.82 Å². The molecule has 0 spiro atoms. The van der Waals surface area contributed by atoms with Gasteiger partial charge in [0.2, 0.25) is 0 Å². The Morgan fingerprint density at radius 2 is 1.72 bits per heavy atom. The largest absolute Gasteiger partial charge is 0.207 e. The molecule has 1 aromatic rings. The van der Waals surface area contributed by atoms with Gasteiger partial charge >= 0.3 is 0 Å². The number of halogens is 1. The Bertz CT molecular complexity index is 525. The number of rotatable bonds is 6. The van der Waals surface area contributed by atoms with E-state index in [0.717, 1.165) is 17.0 Å². The molecular formula is C23H37FSi. The molecule has 2 aliphatic rings. The first-order valence-corrected chi connectivity index (χ1v) is 13.2. The lowest BCUT2D eigenvalue weighted by molar-refractivity contribution is 0.325. The van der Waals surface area contributed by atoms with Crippen LogP contribution >= 0.6 is 0 Å². The molecule has 1 heterocycles. The van der Waals surface area contributed by atoms with Crippen molar-refractivity contribution in [1.29, 1.82) is 0 Å².